The van der Waals surface area contributed by atoms with E-state index < -0.39 is 0 Å². The Kier molecular flexibility index (Phi) is 4.95. The van der Waals surface area contributed by atoms with Crippen LogP contribution in [0.1, 0.15) is 26.3 Å². The van der Waals surface area contributed by atoms with Crippen LogP contribution in [0.25, 0.3) is 0 Å². The zero-order chi connectivity index (χ0) is 12.7. The predicted octanol–water partition coefficient (Wildman–Crippen LogP) is 3.37. The second-order valence-electron chi connectivity index (χ2n) is 5.10. The number of hydrogen-bond acceptors (Lipinski definition) is 2. The Morgan fingerprint density at radius 1 is 1.24 bits per heavy atom. The maximum atomic E-state index is 11.4. The largest absolute Gasteiger partial charge is 0.462 e. The second-order valence-corrected chi connectivity index (χ2v) is 5.10. The Morgan fingerprint density at radius 2 is 1.88 bits per heavy atom. The lowest BCUT2D eigenvalue weighted by molar-refractivity contribution is -0.137. The molecular weight excluding hydrogens is 212 g/mol. The third kappa shape index (κ3) is 6.56. The summed E-state index contributed by atoms with van der Waals surface area (Å²) in [6.07, 6.45) is 4.12. The van der Waals surface area contributed by atoms with E-state index in [1.807, 2.05) is 57.2 Å². The molecule has 0 aliphatic carbocycles. The minimum atomic E-state index is -0.268. The lowest BCUT2D eigenvalue weighted by Gasteiger charge is -2.10. The summed E-state index contributed by atoms with van der Waals surface area (Å²) >= 11 is 0. The molecule has 0 heterocycles. The van der Waals surface area contributed by atoms with Gasteiger partial charge in [0.25, 0.3) is 0 Å². The molecule has 0 saturated carbocycles. The Balaban J connectivity index is 2.28. The Bertz CT molecular complexity index is 372. The molecule has 0 radical (unpaired) electrons. The van der Waals surface area contributed by atoms with Gasteiger partial charge in [0.15, 0.2) is 0 Å². The summed E-state index contributed by atoms with van der Waals surface area (Å²) in [5.74, 6) is -0.268. The molecule has 1 aromatic carbocycles. The summed E-state index contributed by atoms with van der Waals surface area (Å²) < 4.78 is 5.12. The number of carbonyl (C=O) groups excluding carboxylic acids is 1. The molecule has 1 aromatic rings. The molecule has 0 atom stereocenters. The molecule has 0 amide bonds. The summed E-state index contributed by atoms with van der Waals surface area (Å²) in [4.78, 5) is 11.4. The molecule has 2 heteroatoms. The normalized spacial score (nSPS) is 11.7. The number of esters is 1. The molecule has 0 saturated heterocycles. The van der Waals surface area contributed by atoms with Crippen molar-refractivity contribution in [1.29, 1.82) is 0 Å². The molecule has 0 unspecified atom stereocenters. The average Bonchev–Trinajstić information content (AvgIpc) is 2.27. The number of rotatable bonds is 4. The fraction of sp³-hybridized carbons (Fsp3) is 0.400. The van der Waals surface area contributed by atoms with E-state index >= 15 is 0 Å². The van der Waals surface area contributed by atoms with Gasteiger partial charge in [-0.25, -0.2) is 4.79 Å². The van der Waals surface area contributed by atoms with E-state index in [-0.39, 0.29) is 11.4 Å². The average molecular weight is 232 g/mol. The van der Waals surface area contributed by atoms with Gasteiger partial charge in [0.1, 0.15) is 0 Å². The summed E-state index contributed by atoms with van der Waals surface area (Å²) in [6, 6.07) is 9.99. The van der Waals surface area contributed by atoms with Crippen LogP contribution in [0, 0.1) is 5.41 Å². The highest BCUT2D eigenvalue weighted by Gasteiger charge is 2.05. The topological polar surface area (TPSA) is 26.3 Å². The molecule has 0 fully saturated rings. The van der Waals surface area contributed by atoms with Gasteiger partial charge in [-0.1, -0.05) is 57.2 Å². The van der Waals surface area contributed by atoms with E-state index in [1.54, 1.807) is 0 Å². The maximum absolute atomic E-state index is 11.4. The van der Waals surface area contributed by atoms with E-state index in [0.717, 1.165) is 6.42 Å². The highest BCUT2D eigenvalue weighted by atomic mass is 16.5. The predicted molar refractivity (Wildman–Crippen MR) is 69.7 cm³/mol. The minimum absolute atomic E-state index is 0.0124. The Labute approximate surface area is 103 Å². The van der Waals surface area contributed by atoms with E-state index in [4.69, 9.17) is 4.74 Å². The van der Waals surface area contributed by atoms with E-state index in [9.17, 15) is 4.79 Å². The van der Waals surface area contributed by atoms with Crippen LogP contribution in [0.2, 0.25) is 0 Å². The molecule has 17 heavy (non-hydrogen) atoms. The van der Waals surface area contributed by atoms with Gasteiger partial charge in [0.2, 0.25) is 0 Å². The summed E-state index contributed by atoms with van der Waals surface area (Å²) in [7, 11) is 0. The number of allylic oxidation sites excluding steroid dienone is 1. The van der Waals surface area contributed by atoms with Gasteiger partial charge >= 0.3 is 5.97 Å². The molecular formula is C15H20O2. The third-order valence-corrected chi connectivity index (χ3v) is 2.20. The van der Waals surface area contributed by atoms with Crippen LogP contribution in [-0.2, 0) is 16.0 Å². The monoisotopic (exact) mass is 232 g/mol. The van der Waals surface area contributed by atoms with Crippen LogP contribution in [0.5, 0.6) is 0 Å². The first kappa shape index (κ1) is 13.5. The van der Waals surface area contributed by atoms with Crippen LogP contribution >= 0.6 is 0 Å². The zero-order valence-electron chi connectivity index (χ0n) is 10.8. The van der Waals surface area contributed by atoms with Crippen molar-refractivity contribution in [2.24, 2.45) is 5.41 Å². The summed E-state index contributed by atoms with van der Waals surface area (Å²) in [5.41, 5.74) is 1.19. The van der Waals surface area contributed by atoms with E-state index in [2.05, 4.69) is 0 Å². The first-order valence-corrected chi connectivity index (χ1v) is 5.87. The number of carbonyl (C=O) groups is 1. The number of benzene rings is 1. The first-order valence-electron chi connectivity index (χ1n) is 5.87. The van der Waals surface area contributed by atoms with Crippen LogP contribution in [-0.4, -0.2) is 12.6 Å². The highest BCUT2D eigenvalue weighted by Crippen LogP contribution is 2.14. The zero-order valence-corrected chi connectivity index (χ0v) is 10.8. The van der Waals surface area contributed by atoms with Gasteiger partial charge in [0, 0.05) is 12.5 Å². The molecule has 92 valence electrons. The molecule has 0 aliphatic rings. The van der Waals surface area contributed by atoms with Crippen molar-refractivity contribution in [2.45, 2.75) is 27.2 Å². The highest BCUT2D eigenvalue weighted by molar-refractivity contribution is 5.82. The fourth-order valence-corrected chi connectivity index (χ4v) is 1.28. The van der Waals surface area contributed by atoms with Crippen molar-refractivity contribution < 1.29 is 9.53 Å². The lowest BCUT2D eigenvalue weighted by Crippen LogP contribution is -2.07. The van der Waals surface area contributed by atoms with Crippen LogP contribution in [0.3, 0.4) is 0 Å². The number of hydrogen-bond donors (Lipinski definition) is 0. The van der Waals surface area contributed by atoms with Crippen molar-refractivity contribution in [3.8, 4) is 0 Å². The Morgan fingerprint density at radius 3 is 2.47 bits per heavy atom. The fourth-order valence-electron chi connectivity index (χ4n) is 1.28. The van der Waals surface area contributed by atoms with Crippen molar-refractivity contribution in [3.63, 3.8) is 0 Å². The van der Waals surface area contributed by atoms with Gasteiger partial charge < -0.3 is 4.74 Å². The lowest BCUT2D eigenvalue weighted by atomic mass is 9.96. The summed E-state index contributed by atoms with van der Waals surface area (Å²) in [5, 5.41) is 0. The maximum Gasteiger partial charge on any atom is 0.330 e. The van der Waals surface area contributed by atoms with Gasteiger partial charge in [0.05, 0.1) is 6.61 Å². The van der Waals surface area contributed by atoms with Gasteiger partial charge in [-0.3, -0.25) is 0 Å². The Hall–Kier alpha value is -1.57. The smallest absolute Gasteiger partial charge is 0.330 e. The van der Waals surface area contributed by atoms with Gasteiger partial charge in [-0.15, -0.1) is 0 Å². The van der Waals surface area contributed by atoms with Crippen LogP contribution in [0.15, 0.2) is 42.5 Å². The molecule has 0 bridgehead atoms. The minimum Gasteiger partial charge on any atom is -0.462 e. The SMILES string of the molecule is CC(C)(C)/C=C/C(=O)OCCc1ccccc1. The van der Waals surface area contributed by atoms with Crippen molar-refractivity contribution >= 4 is 5.97 Å². The van der Waals surface area contributed by atoms with Crippen molar-refractivity contribution in [1.82, 2.24) is 0 Å². The van der Waals surface area contributed by atoms with Crippen molar-refractivity contribution in [2.75, 3.05) is 6.61 Å². The molecule has 2 nitrogen and oxygen atoms in total. The standard InChI is InChI=1S/C15H20O2/c1-15(2,3)11-9-14(16)17-12-10-13-7-5-4-6-8-13/h4-9,11H,10,12H2,1-3H3/b11-9+. The quantitative estimate of drug-likeness (QED) is 0.587. The third-order valence-electron chi connectivity index (χ3n) is 2.20. The summed E-state index contributed by atoms with van der Waals surface area (Å²) in [6.45, 7) is 6.56. The van der Waals surface area contributed by atoms with Crippen molar-refractivity contribution in [3.05, 3.63) is 48.0 Å². The number of ether oxygens (including phenoxy) is 1. The molecule has 0 spiro atoms. The molecule has 1 rings (SSSR count). The molecule has 0 N–H and O–H groups in total. The van der Waals surface area contributed by atoms with E-state index in [1.165, 1.54) is 11.6 Å². The van der Waals surface area contributed by atoms with Crippen LogP contribution in [0.4, 0.5) is 0 Å². The van der Waals surface area contributed by atoms with Gasteiger partial charge in [-0.2, -0.15) is 0 Å². The van der Waals surface area contributed by atoms with Gasteiger partial charge in [-0.05, 0) is 11.0 Å². The first-order chi connectivity index (χ1) is 7.97. The second kappa shape index (κ2) is 6.24. The molecule has 0 aromatic heterocycles. The molecule has 0 aliphatic heterocycles. The van der Waals surface area contributed by atoms with Crippen LogP contribution < -0.4 is 0 Å². The van der Waals surface area contributed by atoms with E-state index in [0.29, 0.717) is 6.61 Å².